The first-order valence-corrected chi connectivity index (χ1v) is 5.81. The number of fused-ring (bicyclic) bond motifs is 2. The van der Waals surface area contributed by atoms with Crippen molar-refractivity contribution in [1.29, 1.82) is 0 Å². The summed E-state index contributed by atoms with van der Waals surface area (Å²) in [6.07, 6.45) is 4.44. The Morgan fingerprint density at radius 1 is 1.71 bits per heavy atom. The first-order chi connectivity index (χ1) is 6.84. The summed E-state index contributed by atoms with van der Waals surface area (Å²) in [6.45, 7) is 0.916. The van der Waals surface area contributed by atoms with E-state index in [-0.39, 0.29) is 5.91 Å². The van der Waals surface area contributed by atoms with Gasteiger partial charge in [-0.2, -0.15) is 16.9 Å². The highest BCUT2D eigenvalue weighted by Crippen LogP contribution is 2.37. The Kier molecular flexibility index (Phi) is 1.80. The van der Waals surface area contributed by atoms with Crippen LogP contribution in [0.3, 0.4) is 0 Å². The van der Waals surface area contributed by atoms with Crippen LogP contribution in [-0.4, -0.2) is 44.6 Å². The average molecular weight is 209 g/mol. The van der Waals surface area contributed by atoms with Crippen LogP contribution in [0.2, 0.25) is 0 Å². The van der Waals surface area contributed by atoms with Crippen molar-refractivity contribution >= 4 is 17.7 Å². The molecule has 2 bridgehead atoms. The van der Waals surface area contributed by atoms with E-state index in [1.165, 1.54) is 6.42 Å². The van der Waals surface area contributed by atoms with Gasteiger partial charge in [-0.05, 0) is 6.42 Å². The molecule has 1 N–H and O–H groups in total. The van der Waals surface area contributed by atoms with Crippen LogP contribution in [0.4, 0.5) is 0 Å². The lowest BCUT2D eigenvalue weighted by Gasteiger charge is -2.25. The van der Waals surface area contributed by atoms with E-state index in [1.807, 2.05) is 16.7 Å². The zero-order chi connectivity index (χ0) is 9.54. The smallest absolute Gasteiger partial charge is 0.257 e. The van der Waals surface area contributed by atoms with E-state index in [2.05, 4.69) is 10.2 Å². The number of likely N-dealkylation sites (tertiary alicyclic amines) is 1. The number of H-pyrrole nitrogens is 1. The van der Waals surface area contributed by atoms with Crippen molar-refractivity contribution in [1.82, 2.24) is 15.1 Å². The Bertz CT molecular complexity index is 351. The number of hydrogen-bond acceptors (Lipinski definition) is 3. The predicted molar refractivity (Wildman–Crippen MR) is 54.3 cm³/mol. The van der Waals surface area contributed by atoms with Crippen LogP contribution in [0.1, 0.15) is 16.8 Å². The average Bonchev–Trinajstić information content (AvgIpc) is 2.93. The molecule has 0 radical (unpaired) electrons. The molecular formula is C9H11N3OS. The normalized spacial score (nSPS) is 29.9. The van der Waals surface area contributed by atoms with E-state index in [4.69, 9.17) is 0 Å². The number of thioether (sulfide) groups is 1. The summed E-state index contributed by atoms with van der Waals surface area (Å²) in [4.78, 5) is 13.9. The maximum atomic E-state index is 12.0. The van der Waals surface area contributed by atoms with Gasteiger partial charge in [0.05, 0.1) is 11.8 Å². The Labute approximate surface area is 86.1 Å². The van der Waals surface area contributed by atoms with Gasteiger partial charge in [-0.3, -0.25) is 9.89 Å². The third kappa shape index (κ3) is 1.15. The molecule has 3 rings (SSSR count). The van der Waals surface area contributed by atoms with Gasteiger partial charge in [0.25, 0.3) is 5.91 Å². The Hall–Kier alpha value is -0.970. The second-order valence-electron chi connectivity index (χ2n) is 3.79. The number of nitrogens with one attached hydrogen (secondary N) is 1. The first-order valence-electron chi connectivity index (χ1n) is 4.76. The van der Waals surface area contributed by atoms with E-state index in [0.29, 0.717) is 16.9 Å². The van der Waals surface area contributed by atoms with E-state index < -0.39 is 0 Å². The fourth-order valence-electron chi connectivity index (χ4n) is 2.18. The van der Waals surface area contributed by atoms with E-state index in [0.717, 1.165) is 12.3 Å². The third-order valence-electron chi connectivity index (χ3n) is 2.91. The number of carbonyl (C=O) groups is 1. The minimum Gasteiger partial charge on any atom is -0.334 e. The Balaban J connectivity index is 1.81. The predicted octanol–water partition coefficient (Wildman–Crippen LogP) is 0.740. The highest BCUT2D eigenvalue weighted by Gasteiger charge is 2.41. The molecule has 0 saturated carbocycles. The van der Waals surface area contributed by atoms with Gasteiger partial charge < -0.3 is 4.90 Å². The Morgan fingerprint density at radius 3 is 3.21 bits per heavy atom. The minimum absolute atomic E-state index is 0.131. The van der Waals surface area contributed by atoms with Crippen LogP contribution in [0.5, 0.6) is 0 Å². The van der Waals surface area contributed by atoms with Crippen LogP contribution < -0.4 is 0 Å². The topological polar surface area (TPSA) is 49.0 Å². The molecule has 4 nitrogen and oxygen atoms in total. The quantitative estimate of drug-likeness (QED) is 0.742. The van der Waals surface area contributed by atoms with Crippen LogP contribution in [-0.2, 0) is 0 Å². The van der Waals surface area contributed by atoms with Crippen molar-refractivity contribution < 1.29 is 4.79 Å². The van der Waals surface area contributed by atoms with Crippen molar-refractivity contribution in [3.05, 3.63) is 18.0 Å². The summed E-state index contributed by atoms with van der Waals surface area (Å²) in [5.41, 5.74) is 0.683. The number of amides is 1. The van der Waals surface area contributed by atoms with Gasteiger partial charge >= 0.3 is 0 Å². The van der Waals surface area contributed by atoms with Crippen LogP contribution in [0.15, 0.2) is 12.4 Å². The van der Waals surface area contributed by atoms with Gasteiger partial charge in [0, 0.05) is 29.8 Å². The van der Waals surface area contributed by atoms with Crippen molar-refractivity contribution in [2.45, 2.75) is 17.7 Å². The lowest BCUT2D eigenvalue weighted by atomic mass is 10.2. The molecule has 0 aliphatic carbocycles. The van der Waals surface area contributed by atoms with Crippen LogP contribution in [0.25, 0.3) is 0 Å². The van der Waals surface area contributed by atoms with Gasteiger partial charge in [-0.25, -0.2) is 0 Å². The molecule has 0 aromatic carbocycles. The number of nitrogens with zero attached hydrogens (tertiary/aromatic N) is 2. The number of rotatable bonds is 1. The van der Waals surface area contributed by atoms with Gasteiger partial charge in [-0.15, -0.1) is 0 Å². The standard InChI is InChI=1S/C9H11N3OS/c13-9(6-2-10-11-3-6)12-4-8-1-7(12)5-14-8/h2-3,7-8H,1,4-5H2,(H,10,11). The summed E-state index contributed by atoms with van der Waals surface area (Å²) in [7, 11) is 0. The lowest BCUT2D eigenvalue weighted by molar-refractivity contribution is 0.0747. The molecule has 0 spiro atoms. The number of carbonyl (C=O) groups excluding carboxylic acids is 1. The van der Waals surface area contributed by atoms with Gasteiger partial charge in [0.15, 0.2) is 0 Å². The number of hydrogen-bond donors (Lipinski definition) is 1. The molecule has 14 heavy (non-hydrogen) atoms. The van der Waals surface area contributed by atoms with E-state index in [9.17, 15) is 4.79 Å². The Morgan fingerprint density at radius 2 is 2.64 bits per heavy atom. The van der Waals surface area contributed by atoms with Crippen molar-refractivity contribution in [3.63, 3.8) is 0 Å². The van der Waals surface area contributed by atoms with Gasteiger partial charge in [-0.1, -0.05) is 0 Å². The minimum atomic E-state index is 0.131. The van der Waals surface area contributed by atoms with Crippen molar-refractivity contribution in [2.24, 2.45) is 0 Å². The largest absolute Gasteiger partial charge is 0.334 e. The van der Waals surface area contributed by atoms with Crippen molar-refractivity contribution in [2.75, 3.05) is 12.3 Å². The third-order valence-corrected chi connectivity index (χ3v) is 4.30. The van der Waals surface area contributed by atoms with Crippen molar-refractivity contribution in [3.8, 4) is 0 Å². The highest BCUT2D eigenvalue weighted by atomic mass is 32.2. The molecule has 74 valence electrons. The second kappa shape index (κ2) is 3.02. The lowest BCUT2D eigenvalue weighted by Crippen LogP contribution is -2.38. The molecule has 2 unspecified atom stereocenters. The zero-order valence-electron chi connectivity index (χ0n) is 7.64. The molecule has 2 aliphatic rings. The molecule has 1 aromatic heterocycles. The first kappa shape index (κ1) is 8.35. The zero-order valence-corrected chi connectivity index (χ0v) is 8.46. The molecule has 2 saturated heterocycles. The molecule has 3 heterocycles. The van der Waals surface area contributed by atoms with Gasteiger partial charge in [0.2, 0.25) is 0 Å². The molecule has 2 atom stereocenters. The summed E-state index contributed by atoms with van der Waals surface area (Å²) < 4.78 is 0. The molecule has 1 aromatic rings. The molecular weight excluding hydrogens is 198 g/mol. The van der Waals surface area contributed by atoms with Crippen LogP contribution in [0, 0.1) is 0 Å². The number of aromatic nitrogens is 2. The fourth-order valence-corrected chi connectivity index (χ4v) is 3.62. The number of aromatic amines is 1. The molecule has 5 heteroatoms. The summed E-state index contributed by atoms with van der Waals surface area (Å²) in [6, 6.07) is 0.465. The highest BCUT2D eigenvalue weighted by molar-refractivity contribution is 8.00. The maximum absolute atomic E-state index is 12.0. The molecule has 1 amide bonds. The summed E-state index contributed by atoms with van der Waals surface area (Å²) >= 11 is 1.99. The monoisotopic (exact) mass is 209 g/mol. The SMILES string of the molecule is O=C(c1cn[nH]c1)N1CC2CC1CS2. The summed E-state index contributed by atoms with van der Waals surface area (Å²) in [5.74, 6) is 1.24. The van der Waals surface area contributed by atoms with E-state index >= 15 is 0 Å². The second-order valence-corrected chi connectivity index (χ2v) is 5.12. The van der Waals surface area contributed by atoms with Gasteiger partial charge in [0.1, 0.15) is 0 Å². The maximum Gasteiger partial charge on any atom is 0.257 e. The molecule has 2 fully saturated rings. The summed E-state index contributed by atoms with van der Waals surface area (Å²) in [5, 5.41) is 7.15. The van der Waals surface area contributed by atoms with Crippen LogP contribution >= 0.6 is 11.8 Å². The molecule has 2 aliphatic heterocycles. The van der Waals surface area contributed by atoms with E-state index in [1.54, 1.807) is 12.4 Å². The fraction of sp³-hybridized carbons (Fsp3) is 0.556.